The second-order valence-corrected chi connectivity index (χ2v) is 5.45. The van der Waals surface area contributed by atoms with Crippen molar-refractivity contribution in [3.05, 3.63) is 35.9 Å². The zero-order valence-corrected chi connectivity index (χ0v) is 12.3. The molecule has 1 atom stereocenters. The summed E-state index contributed by atoms with van der Waals surface area (Å²) in [6, 6.07) is 10.8. The Bertz CT molecular complexity index is 414. The van der Waals surface area contributed by atoms with Crippen LogP contribution >= 0.6 is 0 Å². The molecule has 1 saturated heterocycles. The van der Waals surface area contributed by atoms with Crippen molar-refractivity contribution < 1.29 is 9.53 Å². The molecule has 0 aromatic heterocycles. The quantitative estimate of drug-likeness (QED) is 0.833. The van der Waals surface area contributed by atoms with Gasteiger partial charge in [-0.1, -0.05) is 30.3 Å². The number of benzene rings is 1. The van der Waals surface area contributed by atoms with Crippen LogP contribution in [-0.2, 0) is 16.1 Å². The standard InChI is InChI=1S/C16H24N2O2/c1-13(16(19)20-2)17-15-8-10-18(11-9-15)12-14-6-4-3-5-7-14/h3-7,13,15,17H,8-12H2,1-2H3/t13-/m0/s1. The molecule has 1 aromatic carbocycles. The number of hydrogen-bond acceptors (Lipinski definition) is 4. The van der Waals surface area contributed by atoms with E-state index in [4.69, 9.17) is 4.74 Å². The van der Waals surface area contributed by atoms with Gasteiger partial charge in [0.15, 0.2) is 0 Å². The number of carbonyl (C=O) groups excluding carboxylic acids is 1. The van der Waals surface area contributed by atoms with Crippen LogP contribution in [0.4, 0.5) is 0 Å². The van der Waals surface area contributed by atoms with Crippen molar-refractivity contribution in [3.63, 3.8) is 0 Å². The molecule has 1 aliphatic heterocycles. The van der Waals surface area contributed by atoms with Gasteiger partial charge in [-0.05, 0) is 38.4 Å². The van der Waals surface area contributed by atoms with Gasteiger partial charge in [-0.25, -0.2) is 0 Å². The summed E-state index contributed by atoms with van der Waals surface area (Å²) in [6.45, 7) is 5.02. The first-order valence-electron chi connectivity index (χ1n) is 7.29. The summed E-state index contributed by atoms with van der Waals surface area (Å²) in [6.07, 6.45) is 2.16. The van der Waals surface area contributed by atoms with Crippen LogP contribution in [0.5, 0.6) is 0 Å². The monoisotopic (exact) mass is 276 g/mol. The van der Waals surface area contributed by atoms with E-state index < -0.39 is 0 Å². The SMILES string of the molecule is COC(=O)[C@H](C)NC1CCN(Cc2ccccc2)CC1. The third-order valence-electron chi connectivity index (χ3n) is 3.88. The second kappa shape index (κ2) is 7.41. The van der Waals surface area contributed by atoms with Crippen LogP contribution in [0, 0.1) is 0 Å². The first-order valence-corrected chi connectivity index (χ1v) is 7.29. The molecule has 1 heterocycles. The molecule has 0 saturated carbocycles. The number of esters is 1. The van der Waals surface area contributed by atoms with Gasteiger partial charge in [-0.15, -0.1) is 0 Å². The molecule has 2 rings (SSSR count). The van der Waals surface area contributed by atoms with Gasteiger partial charge in [0.1, 0.15) is 6.04 Å². The van der Waals surface area contributed by atoms with Crippen molar-refractivity contribution in [2.75, 3.05) is 20.2 Å². The highest BCUT2D eigenvalue weighted by Crippen LogP contribution is 2.14. The second-order valence-electron chi connectivity index (χ2n) is 5.45. The van der Waals surface area contributed by atoms with E-state index in [0.29, 0.717) is 6.04 Å². The number of methoxy groups -OCH3 is 1. The third kappa shape index (κ3) is 4.32. The van der Waals surface area contributed by atoms with Crippen molar-refractivity contribution in [3.8, 4) is 0 Å². The Kier molecular flexibility index (Phi) is 5.56. The number of piperidine rings is 1. The molecule has 0 bridgehead atoms. The highest BCUT2D eigenvalue weighted by Gasteiger charge is 2.23. The minimum atomic E-state index is -0.217. The molecule has 1 N–H and O–H groups in total. The topological polar surface area (TPSA) is 41.6 Å². The molecular formula is C16H24N2O2. The molecule has 1 fully saturated rings. The molecule has 4 nitrogen and oxygen atoms in total. The van der Waals surface area contributed by atoms with Crippen LogP contribution in [0.15, 0.2) is 30.3 Å². The van der Waals surface area contributed by atoms with Crippen LogP contribution in [-0.4, -0.2) is 43.2 Å². The minimum Gasteiger partial charge on any atom is -0.468 e. The Labute approximate surface area is 121 Å². The van der Waals surface area contributed by atoms with Crippen molar-refractivity contribution in [2.45, 2.75) is 38.4 Å². The van der Waals surface area contributed by atoms with E-state index in [-0.39, 0.29) is 12.0 Å². The molecule has 110 valence electrons. The van der Waals surface area contributed by atoms with Gasteiger partial charge < -0.3 is 10.1 Å². The first-order chi connectivity index (χ1) is 9.69. The molecule has 4 heteroatoms. The molecule has 1 aromatic rings. The summed E-state index contributed by atoms with van der Waals surface area (Å²) in [5.41, 5.74) is 1.36. The summed E-state index contributed by atoms with van der Waals surface area (Å²) in [4.78, 5) is 13.9. The zero-order chi connectivity index (χ0) is 14.4. The van der Waals surface area contributed by atoms with Crippen LogP contribution in [0.1, 0.15) is 25.3 Å². The number of nitrogens with one attached hydrogen (secondary N) is 1. The van der Waals surface area contributed by atoms with Crippen molar-refractivity contribution in [2.24, 2.45) is 0 Å². The number of rotatable bonds is 5. The van der Waals surface area contributed by atoms with Crippen LogP contribution in [0.25, 0.3) is 0 Å². The summed E-state index contributed by atoms with van der Waals surface area (Å²) >= 11 is 0. The highest BCUT2D eigenvalue weighted by molar-refractivity contribution is 5.75. The third-order valence-corrected chi connectivity index (χ3v) is 3.88. The molecule has 1 aliphatic rings. The Morgan fingerprint density at radius 3 is 2.60 bits per heavy atom. The van der Waals surface area contributed by atoms with E-state index in [1.165, 1.54) is 12.7 Å². The van der Waals surface area contributed by atoms with E-state index in [0.717, 1.165) is 32.5 Å². The van der Waals surface area contributed by atoms with Crippen molar-refractivity contribution in [1.82, 2.24) is 10.2 Å². The fraction of sp³-hybridized carbons (Fsp3) is 0.562. The van der Waals surface area contributed by atoms with Gasteiger partial charge in [0.25, 0.3) is 0 Å². The number of carbonyl (C=O) groups is 1. The molecule has 0 amide bonds. The van der Waals surface area contributed by atoms with Gasteiger partial charge in [-0.2, -0.15) is 0 Å². The number of hydrogen-bond donors (Lipinski definition) is 1. The summed E-state index contributed by atoms with van der Waals surface area (Å²) in [5, 5.41) is 3.35. The van der Waals surface area contributed by atoms with Gasteiger partial charge in [-0.3, -0.25) is 9.69 Å². The molecule has 0 aliphatic carbocycles. The van der Waals surface area contributed by atoms with E-state index >= 15 is 0 Å². The molecule has 0 radical (unpaired) electrons. The molecule has 20 heavy (non-hydrogen) atoms. The molecule has 0 spiro atoms. The average molecular weight is 276 g/mol. The van der Waals surface area contributed by atoms with Crippen LogP contribution in [0.2, 0.25) is 0 Å². The van der Waals surface area contributed by atoms with Crippen LogP contribution in [0.3, 0.4) is 0 Å². The van der Waals surface area contributed by atoms with E-state index in [1.54, 1.807) is 0 Å². The van der Waals surface area contributed by atoms with E-state index in [9.17, 15) is 4.79 Å². The first kappa shape index (κ1) is 15.0. The smallest absolute Gasteiger partial charge is 0.322 e. The van der Waals surface area contributed by atoms with Crippen LogP contribution < -0.4 is 5.32 Å². The summed E-state index contributed by atoms with van der Waals surface area (Å²) in [7, 11) is 1.43. The fourth-order valence-electron chi connectivity index (χ4n) is 2.70. The number of nitrogens with zero attached hydrogens (tertiary/aromatic N) is 1. The Morgan fingerprint density at radius 2 is 2.00 bits per heavy atom. The lowest BCUT2D eigenvalue weighted by Crippen LogP contribution is -2.47. The summed E-state index contributed by atoms with van der Waals surface area (Å²) in [5.74, 6) is -0.184. The lowest BCUT2D eigenvalue weighted by Gasteiger charge is -2.33. The van der Waals surface area contributed by atoms with Crippen molar-refractivity contribution in [1.29, 1.82) is 0 Å². The zero-order valence-electron chi connectivity index (χ0n) is 12.3. The number of likely N-dealkylation sites (tertiary alicyclic amines) is 1. The van der Waals surface area contributed by atoms with Gasteiger partial charge in [0, 0.05) is 12.6 Å². The van der Waals surface area contributed by atoms with Gasteiger partial charge >= 0.3 is 5.97 Å². The predicted octanol–water partition coefficient (Wildman–Crippen LogP) is 1.80. The van der Waals surface area contributed by atoms with Gasteiger partial charge in [0.05, 0.1) is 7.11 Å². The molecular weight excluding hydrogens is 252 g/mol. The minimum absolute atomic E-state index is 0.184. The maximum absolute atomic E-state index is 11.4. The average Bonchev–Trinajstić information content (AvgIpc) is 2.49. The lowest BCUT2D eigenvalue weighted by molar-refractivity contribution is -0.142. The van der Waals surface area contributed by atoms with Gasteiger partial charge in [0.2, 0.25) is 0 Å². The molecule has 0 unspecified atom stereocenters. The maximum atomic E-state index is 11.4. The fourth-order valence-corrected chi connectivity index (χ4v) is 2.70. The predicted molar refractivity (Wildman–Crippen MR) is 79.4 cm³/mol. The van der Waals surface area contributed by atoms with Crippen molar-refractivity contribution >= 4 is 5.97 Å². The summed E-state index contributed by atoms with van der Waals surface area (Å²) < 4.78 is 4.74. The lowest BCUT2D eigenvalue weighted by atomic mass is 10.0. The highest BCUT2D eigenvalue weighted by atomic mass is 16.5. The van der Waals surface area contributed by atoms with E-state index in [1.807, 2.05) is 13.0 Å². The normalized spacial score (nSPS) is 18.7. The Morgan fingerprint density at radius 1 is 1.35 bits per heavy atom. The largest absolute Gasteiger partial charge is 0.468 e. The Balaban J connectivity index is 1.74. The number of ether oxygens (including phenoxy) is 1. The maximum Gasteiger partial charge on any atom is 0.322 e. The Hall–Kier alpha value is -1.39. The van der Waals surface area contributed by atoms with E-state index in [2.05, 4.69) is 34.5 Å².